The second-order valence-corrected chi connectivity index (χ2v) is 7.04. The molecule has 2 N–H and O–H groups in total. The monoisotopic (exact) mass is 312 g/mol. The Balaban J connectivity index is 2.29. The van der Waals surface area contributed by atoms with E-state index in [0.29, 0.717) is 17.5 Å². The van der Waals surface area contributed by atoms with Crippen LogP contribution in [-0.4, -0.2) is 24.9 Å². The van der Waals surface area contributed by atoms with E-state index in [0.717, 1.165) is 11.3 Å². The van der Waals surface area contributed by atoms with Crippen LogP contribution in [-0.2, 0) is 10.0 Å². The van der Waals surface area contributed by atoms with Gasteiger partial charge in [0.1, 0.15) is 10.7 Å². The van der Waals surface area contributed by atoms with Gasteiger partial charge in [0.25, 0.3) is 10.0 Å². The molecule has 0 unspecified atom stereocenters. The van der Waals surface area contributed by atoms with Crippen LogP contribution in [0.15, 0.2) is 29.4 Å². The van der Waals surface area contributed by atoms with E-state index < -0.39 is 10.0 Å². The van der Waals surface area contributed by atoms with E-state index in [1.54, 1.807) is 18.5 Å². The highest BCUT2D eigenvalue weighted by Crippen LogP contribution is 2.24. The number of pyridine rings is 1. The van der Waals surface area contributed by atoms with Crippen LogP contribution in [0.1, 0.15) is 18.2 Å². The van der Waals surface area contributed by atoms with Crippen molar-refractivity contribution in [1.29, 1.82) is 0 Å². The molecule has 0 radical (unpaired) electrons. The van der Waals surface area contributed by atoms with E-state index >= 15 is 0 Å². The largest absolute Gasteiger partial charge is 0.369 e. The van der Waals surface area contributed by atoms with Crippen molar-refractivity contribution in [2.24, 2.45) is 0 Å². The number of nitrogens with one attached hydrogen (secondary N) is 2. The van der Waals surface area contributed by atoms with E-state index in [2.05, 4.69) is 20.0 Å². The van der Waals surface area contributed by atoms with E-state index in [9.17, 15) is 8.42 Å². The molecule has 108 valence electrons. The van der Waals surface area contributed by atoms with Gasteiger partial charge in [-0.25, -0.2) is 18.4 Å². The zero-order valence-electron chi connectivity index (χ0n) is 11.3. The number of hydrogen-bond donors (Lipinski definition) is 2. The van der Waals surface area contributed by atoms with Gasteiger partial charge >= 0.3 is 0 Å². The van der Waals surface area contributed by atoms with Gasteiger partial charge in [0.2, 0.25) is 0 Å². The highest BCUT2D eigenvalue weighted by atomic mass is 32.2. The molecule has 0 bridgehead atoms. The molecule has 0 aliphatic carbocycles. The number of rotatable bonds is 6. The summed E-state index contributed by atoms with van der Waals surface area (Å²) in [5, 5.41) is 3.37. The summed E-state index contributed by atoms with van der Waals surface area (Å²) in [6, 6.07) is 3.12. The Labute approximate surface area is 122 Å². The SMILES string of the molecule is CCCNc1ncccc1S(=O)(=O)Nc1ncc(C)s1. The minimum absolute atomic E-state index is 0.126. The minimum Gasteiger partial charge on any atom is -0.369 e. The maximum atomic E-state index is 12.4. The summed E-state index contributed by atoms with van der Waals surface area (Å²) in [5.74, 6) is 0.357. The molecule has 0 saturated carbocycles. The van der Waals surface area contributed by atoms with Crippen LogP contribution in [0.5, 0.6) is 0 Å². The van der Waals surface area contributed by atoms with Gasteiger partial charge < -0.3 is 5.32 Å². The van der Waals surface area contributed by atoms with Crippen molar-refractivity contribution in [3.63, 3.8) is 0 Å². The van der Waals surface area contributed by atoms with Crippen LogP contribution >= 0.6 is 11.3 Å². The summed E-state index contributed by atoms with van der Waals surface area (Å²) in [7, 11) is -3.69. The minimum atomic E-state index is -3.69. The summed E-state index contributed by atoms with van der Waals surface area (Å²) < 4.78 is 27.2. The van der Waals surface area contributed by atoms with E-state index in [1.807, 2.05) is 13.8 Å². The molecule has 0 fully saturated rings. The summed E-state index contributed by atoms with van der Waals surface area (Å²) in [5.41, 5.74) is 0. The van der Waals surface area contributed by atoms with Gasteiger partial charge in [0.05, 0.1) is 0 Å². The van der Waals surface area contributed by atoms with Crippen LogP contribution in [0, 0.1) is 6.92 Å². The number of nitrogens with zero attached hydrogens (tertiary/aromatic N) is 2. The van der Waals surface area contributed by atoms with Gasteiger partial charge in [0.15, 0.2) is 5.13 Å². The average molecular weight is 312 g/mol. The predicted molar refractivity (Wildman–Crippen MR) is 80.7 cm³/mol. The van der Waals surface area contributed by atoms with Gasteiger partial charge in [-0.1, -0.05) is 6.92 Å². The Morgan fingerprint density at radius 3 is 2.80 bits per heavy atom. The van der Waals surface area contributed by atoms with Gasteiger partial charge in [0, 0.05) is 23.8 Å². The van der Waals surface area contributed by atoms with Crippen LogP contribution in [0.25, 0.3) is 0 Å². The number of sulfonamides is 1. The zero-order chi connectivity index (χ0) is 14.6. The number of hydrogen-bond acceptors (Lipinski definition) is 6. The Morgan fingerprint density at radius 2 is 2.15 bits per heavy atom. The van der Waals surface area contributed by atoms with Crippen LogP contribution in [0.2, 0.25) is 0 Å². The molecule has 0 spiro atoms. The first-order chi connectivity index (χ1) is 9.53. The molecule has 20 heavy (non-hydrogen) atoms. The second kappa shape index (κ2) is 6.19. The highest BCUT2D eigenvalue weighted by molar-refractivity contribution is 7.93. The van der Waals surface area contributed by atoms with Crippen molar-refractivity contribution in [2.45, 2.75) is 25.2 Å². The first kappa shape index (κ1) is 14.7. The Morgan fingerprint density at radius 1 is 1.35 bits per heavy atom. The molecule has 2 aromatic heterocycles. The van der Waals surface area contributed by atoms with Gasteiger partial charge in [-0.2, -0.15) is 0 Å². The first-order valence-corrected chi connectivity index (χ1v) is 8.47. The summed E-state index contributed by atoms with van der Waals surface area (Å²) >= 11 is 1.29. The fourth-order valence-corrected chi connectivity index (χ4v) is 3.60. The fourth-order valence-electron chi connectivity index (χ4n) is 1.56. The molecular formula is C12H16N4O2S2. The molecule has 2 heterocycles. The molecule has 2 aromatic rings. The topological polar surface area (TPSA) is 84.0 Å². The van der Waals surface area contributed by atoms with E-state index in [-0.39, 0.29) is 4.90 Å². The third-order valence-corrected chi connectivity index (χ3v) is 4.77. The van der Waals surface area contributed by atoms with Crippen LogP contribution in [0.3, 0.4) is 0 Å². The smallest absolute Gasteiger partial charge is 0.267 e. The third kappa shape index (κ3) is 3.45. The van der Waals surface area contributed by atoms with Crippen molar-refractivity contribution >= 4 is 32.3 Å². The lowest BCUT2D eigenvalue weighted by Crippen LogP contribution is -2.16. The molecule has 6 nitrogen and oxygen atoms in total. The quantitative estimate of drug-likeness (QED) is 0.856. The molecule has 0 aliphatic heterocycles. The lowest BCUT2D eigenvalue weighted by atomic mass is 10.4. The van der Waals surface area contributed by atoms with Crippen molar-refractivity contribution in [1.82, 2.24) is 9.97 Å². The van der Waals surface area contributed by atoms with Crippen molar-refractivity contribution in [2.75, 3.05) is 16.6 Å². The van der Waals surface area contributed by atoms with Gasteiger partial charge in [-0.15, -0.1) is 11.3 Å². The van der Waals surface area contributed by atoms with Crippen molar-refractivity contribution < 1.29 is 8.42 Å². The standard InChI is InChI=1S/C12H16N4O2S2/c1-3-6-13-11-10(5-4-7-14-11)20(17,18)16-12-15-8-9(2)19-12/h4-5,7-8H,3,6H2,1-2H3,(H,13,14)(H,15,16). The number of thiazole rings is 1. The summed E-state index contributed by atoms with van der Waals surface area (Å²) in [6.07, 6.45) is 4.07. The molecule has 0 atom stereocenters. The Hall–Kier alpha value is -1.67. The molecule has 0 aliphatic rings. The molecule has 0 saturated heterocycles. The Kier molecular flexibility index (Phi) is 4.56. The van der Waals surface area contributed by atoms with Gasteiger partial charge in [-0.3, -0.25) is 4.72 Å². The summed E-state index contributed by atoms with van der Waals surface area (Å²) in [4.78, 5) is 9.16. The fraction of sp³-hybridized carbons (Fsp3) is 0.333. The molecule has 0 aromatic carbocycles. The van der Waals surface area contributed by atoms with E-state index in [1.165, 1.54) is 17.4 Å². The van der Waals surface area contributed by atoms with E-state index in [4.69, 9.17) is 0 Å². The number of aryl methyl sites for hydroxylation is 1. The predicted octanol–water partition coefficient (Wildman–Crippen LogP) is 2.47. The molecule has 2 rings (SSSR count). The molecule has 0 amide bonds. The normalized spacial score (nSPS) is 11.3. The van der Waals surface area contributed by atoms with Crippen molar-refractivity contribution in [3.05, 3.63) is 29.4 Å². The second-order valence-electron chi connectivity index (χ2n) is 4.16. The highest BCUT2D eigenvalue weighted by Gasteiger charge is 2.20. The average Bonchev–Trinajstić information content (AvgIpc) is 2.81. The summed E-state index contributed by atoms with van der Waals surface area (Å²) in [6.45, 7) is 4.53. The lowest BCUT2D eigenvalue weighted by Gasteiger charge is -2.10. The zero-order valence-corrected chi connectivity index (χ0v) is 12.9. The van der Waals surface area contributed by atoms with Crippen LogP contribution in [0.4, 0.5) is 10.9 Å². The van der Waals surface area contributed by atoms with Gasteiger partial charge in [-0.05, 0) is 25.5 Å². The Bertz CT molecular complexity index is 682. The third-order valence-electron chi connectivity index (χ3n) is 2.45. The number of aromatic nitrogens is 2. The van der Waals surface area contributed by atoms with Crippen molar-refractivity contribution in [3.8, 4) is 0 Å². The maximum absolute atomic E-state index is 12.4. The lowest BCUT2D eigenvalue weighted by molar-refractivity contribution is 0.601. The molecular weight excluding hydrogens is 296 g/mol. The first-order valence-electron chi connectivity index (χ1n) is 6.17. The van der Waals surface area contributed by atoms with Crippen LogP contribution < -0.4 is 10.0 Å². The molecule has 8 heteroatoms. The number of anilines is 2. The maximum Gasteiger partial charge on any atom is 0.267 e.